The number of hydrogen-bond donors (Lipinski definition) is 2. The zero-order valence-electron chi connectivity index (χ0n) is 14.7. The van der Waals surface area contributed by atoms with Gasteiger partial charge in [0.25, 0.3) is 5.91 Å². The molecule has 6 nitrogen and oxygen atoms in total. The summed E-state index contributed by atoms with van der Waals surface area (Å²) in [6.45, 7) is 1.13. The Hall–Kier alpha value is -2.86. The molecule has 0 radical (unpaired) electrons. The number of carbonyl (C=O) groups is 2. The Bertz CT molecular complexity index is 762. The van der Waals surface area contributed by atoms with Crippen LogP contribution in [0.1, 0.15) is 28.4 Å². The van der Waals surface area contributed by atoms with Crippen LogP contribution in [0.3, 0.4) is 0 Å². The number of hydrogen-bond acceptors (Lipinski definition) is 4. The van der Waals surface area contributed by atoms with E-state index in [1.807, 2.05) is 30.3 Å². The Morgan fingerprint density at radius 3 is 2.42 bits per heavy atom. The first-order valence-electron chi connectivity index (χ1n) is 8.62. The Morgan fingerprint density at radius 1 is 1.15 bits per heavy atom. The van der Waals surface area contributed by atoms with Gasteiger partial charge in [0.2, 0.25) is 5.91 Å². The highest BCUT2D eigenvalue weighted by atomic mass is 16.5. The van der Waals surface area contributed by atoms with Crippen LogP contribution >= 0.6 is 0 Å². The molecule has 26 heavy (non-hydrogen) atoms. The van der Waals surface area contributed by atoms with Crippen LogP contribution < -0.4 is 15.8 Å². The molecule has 1 fully saturated rings. The fraction of sp³-hybridized carbons (Fsp3) is 0.300. The fourth-order valence-corrected chi connectivity index (χ4v) is 3.06. The molecule has 0 spiro atoms. The first-order valence-corrected chi connectivity index (χ1v) is 8.62. The number of carbonyl (C=O) groups excluding carboxylic acids is 2. The molecule has 6 heteroatoms. The number of nitrogens with two attached hydrogens (primary N) is 1. The molecular weight excluding hydrogens is 330 g/mol. The number of nitrogens with zero attached hydrogens (tertiary/aromatic N) is 1. The Balaban J connectivity index is 1.81. The van der Waals surface area contributed by atoms with Crippen LogP contribution in [0.4, 0.5) is 0 Å². The minimum absolute atomic E-state index is 0.00679. The third-order valence-electron chi connectivity index (χ3n) is 4.54. The largest absolute Gasteiger partial charge is 0.497 e. The maximum Gasteiger partial charge on any atom is 0.252 e. The number of amides is 2. The van der Waals surface area contributed by atoms with E-state index in [9.17, 15) is 9.59 Å². The van der Waals surface area contributed by atoms with Gasteiger partial charge in [-0.15, -0.1) is 0 Å². The molecule has 0 bridgehead atoms. The van der Waals surface area contributed by atoms with Gasteiger partial charge in [-0.3, -0.25) is 9.59 Å². The van der Waals surface area contributed by atoms with Crippen molar-refractivity contribution in [2.45, 2.75) is 18.5 Å². The third-order valence-corrected chi connectivity index (χ3v) is 4.54. The van der Waals surface area contributed by atoms with E-state index in [-0.39, 0.29) is 17.9 Å². The lowest BCUT2D eigenvalue weighted by atomic mass is 10.0. The summed E-state index contributed by atoms with van der Waals surface area (Å²) in [5, 5.41) is 2.87. The van der Waals surface area contributed by atoms with Crippen molar-refractivity contribution in [2.24, 2.45) is 5.73 Å². The summed E-state index contributed by atoms with van der Waals surface area (Å²) in [6.07, 6.45) is 0.777. The van der Waals surface area contributed by atoms with Gasteiger partial charge in [0.15, 0.2) is 0 Å². The summed E-state index contributed by atoms with van der Waals surface area (Å²) in [6, 6.07) is 15.3. The molecule has 1 heterocycles. The summed E-state index contributed by atoms with van der Waals surface area (Å²) in [5.41, 5.74) is 7.15. The van der Waals surface area contributed by atoms with Crippen LogP contribution in [0.5, 0.6) is 5.75 Å². The van der Waals surface area contributed by atoms with E-state index >= 15 is 0 Å². The van der Waals surface area contributed by atoms with Crippen LogP contribution in [0.2, 0.25) is 0 Å². The first kappa shape index (κ1) is 17.9. The molecule has 3 rings (SSSR count). The predicted octanol–water partition coefficient (Wildman–Crippen LogP) is 1.73. The van der Waals surface area contributed by atoms with Crippen molar-refractivity contribution in [3.8, 4) is 5.75 Å². The first-order chi connectivity index (χ1) is 12.6. The third kappa shape index (κ3) is 4.03. The number of rotatable bonds is 5. The van der Waals surface area contributed by atoms with E-state index < -0.39 is 6.04 Å². The molecule has 0 aromatic heterocycles. The standard InChI is InChI=1S/C20H23N3O3/c1-26-17-9-7-15(8-10-17)19(24)22-18(14-5-3-2-4-6-14)20(25)23-12-11-16(21)13-23/h2-10,16,18H,11-13,21H2,1H3,(H,22,24)/t16-,18?/m1/s1. The SMILES string of the molecule is COc1ccc(C(=O)NC(C(=O)N2CC[C@@H](N)C2)c2ccccc2)cc1. The zero-order valence-corrected chi connectivity index (χ0v) is 14.7. The molecule has 2 atom stereocenters. The molecule has 2 aromatic carbocycles. The van der Waals surface area contributed by atoms with Gasteiger partial charge in [0, 0.05) is 24.7 Å². The number of benzene rings is 2. The van der Waals surface area contributed by atoms with Gasteiger partial charge in [-0.25, -0.2) is 0 Å². The van der Waals surface area contributed by atoms with Gasteiger partial charge in [-0.2, -0.15) is 0 Å². The van der Waals surface area contributed by atoms with E-state index in [1.54, 1.807) is 36.3 Å². The molecule has 0 aliphatic carbocycles. The van der Waals surface area contributed by atoms with Gasteiger partial charge >= 0.3 is 0 Å². The van der Waals surface area contributed by atoms with E-state index in [1.165, 1.54) is 0 Å². The molecular formula is C20H23N3O3. The maximum absolute atomic E-state index is 13.0. The lowest BCUT2D eigenvalue weighted by Gasteiger charge is -2.24. The Labute approximate surface area is 152 Å². The minimum Gasteiger partial charge on any atom is -0.497 e. The molecule has 2 amide bonds. The summed E-state index contributed by atoms with van der Waals surface area (Å²) < 4.78 is 5.11. The van der Waals surface area contributed by atoms with Gasteiger partial charge in [0.05, 0.1) is 7.11 Å². The van der Waals surface area contributed by atoms with Crippen molar-refractivity contribution < 1.29 is 14.3 Å². The van der Waals surface area contributed by atoms with Crippen molar-refractivity contribution in [1.29, 1.82) is 0 Å². The molecule has 1 aliphatic rings. The van der Waals surface area contributed by atoms with Crippen molar-refractivity contribution in [1.82, 2.24) is 10.2 Å². The molecule has 1 aliphatic heterocycles. The van der Waals surface area contributed by atoms with Crippen LogP contribution in [-0.2, 0) is 4.79 Å². The lowest BCUT2D eigenvalue weighted by Crippen LogP contribution is -2.42. The van der Waals surface area contributed by atoms with Crippen molar-refractivity contribution in [2.75, 3.05) is 20.2 Å². The van der Waals surface area contributed by atoms with Crippen LogP contribution in [0.15, 0.2) is 54.6 Å². The van der Waals surface area contributed by atoms with E-state index in [4.69, 9.17) is 10.5 Å². The molecule has 136 valence electrons. The summed E-state index contributed by atoms with van der Waals surface area (Å²) >= 11 is 0. The van der Waals surface area contributed by atoms with Crippen molar-refractivity contribution >= 4 is 11.8 Å². The van der Waals surface area contributed by atoms with Crippen LogP contribution in [0.25, 0.3) is 0 Å². The van der Waals surface area contributed by atoms with E-state index in [0.29, 0.717) is 24.4 Å². The smallest absolute Gasteiger partial charge is 0.252 e. The summed E-state index contributed by atoms with van der Waals surface area (Å²) in [4.78, 5) is 27.4. The highest BCUT2D eigenvalue weighted by Gasteiger charge is 2.31. The predicted molar refractivity (Wildman–Crippen MR) is 98.8 cm³/mol. The highest BCUT2D eigenvalue weighted by Crippen LogP contribution is 2.20. The summed E-state index contributed by atoms with van der Waals surface area (Å²) in [5.74, 6) is 0.229. The topological polar surface area (TPSA) is 84.7 Å². The second-order valence-corrected chi connectivity index (χ2v) is 6.38. The zero-order chi connectivity index (χ0) is 18.5. The quantitative estimate of drug-likeness (QED) is 0.857. The second kappa shape index (κ2) is 8.01. The Morgan fingerprint density at radius 2 is 1.85 bits per heavy atom. The second-order valence-electron chi connectivity index (χ2n) is 6.38. The van der Waals surface area contributed by atoms with Gasteiger partial charge < -0.3 is 20.7 Å². The van der Waals surface area contributed by atoms with Gasteiger partial charge in [0.1, 0.15) is 11.8 Å². The lowest BCUT2D eigenvalue weighted by molar-refractivity contribution is -0.132. The van der Waals surface area contributed by atoms with Crippen LogP contribution in [0, 0.1) is 0 Å². The Kier molecular flexibility index (Phi) is 5.53. The molecule has 3 N–H and O–H groups in total. The normalized spacial score (nSPS) is 17.6. The van der Waals surface area contributed by atoms with Gasteiger partial charge in [-0.05, 0) is 36.2 Å². The maximum atomic E-state index is 13.0. The number of likely N-dealkylation sites (tertiary alicyclic amines) is 1. The minimum atomic E-state index is -0.740. The molecule has 1 unspecified atom stereocenters. The summed E-state index contributed by atoms with van der Waals surface area (Å²) in [7, 11) is 1.57. The average Bonchev–Trinajstić information content (AvgIpc) is 3.12. The van der Waals surface area contributed by atoms with Crippen molar-refractivity contribution in [3.05, 3.63) is 65.7 Å². The van der Waals surface area contributed by atoms with E-state index in [2.05, 4.69) is 5.32 Å². The van der Waals surface area contributed by atoms with Crippen molar-refractivity contribution in [3.63, 3.8) is 0 Å². The fourth-order valence-electron chi connectivity index (χ4n) is 3.06. The molecule has 1 saturated heterocycles. The number of ether oxygens (including phenoxy) is 1. The number of methoxy groups -OCH3 is 1. The van der Waals surface area contributed by atoms with Gasteiger partial charge in [-0.1, -0.05) is 30.3 Å². The number of nitrogens with one attached hydrogen (secondary N) is 1. The van der Waals surface area contributed by atoms with E-state index in [0.717, 1.165) is 12.0 Å². The van der Waals surface area contributed by atoms with Crippen LogP contribution in [-0.4, -0.2) is 43.0 Å². The monoisotopic (exact) mass is 353 g/mol. The molecule has 2 aromatic rings. The molecule has 0 saturated carbocycles. The average molecular weight is 353 g/mol. The highest BCUT2D eigenvalue weighted by molar-refractivity contribution is 5.98.